The van der Waals surface area contributed by atoms with Gasteiger partial charge in [0.15, 0.2) is 0 Å². The van der Waals surface area contributed by atoms with Crippen LogP contribution >= 0.6 is 0 Å². The number of furan rings is 1. The van der Waals surface area contributed by atoms with Gasteiger partial charge < -0.3 is 9.15 Å². The van der Waals surface area contributed by atoms with E-state index in [4.69, 9.17) is 15.0 Å². The summed E-state index contributed by atoms with van der Waals surface area (Å²) in [5.74, 6) is 5.49. The van der Waals surface area contributed by atoms with Gasteiger partial charge in [0.25, 0.3) is 5.91 Å². The molecule has 6 nitrogen and oxygen atoms in total. The molecule has 0 bridgehead atoms. The maximum absolute atomic E-state index is 11.3. The second-order valence-corrected chi connectivity index (χ2v) is 5.63. The van der Waals surface area contributed by atoms with E-state index in [2.05, 4.69) is 31.1 Å². The summed E-state index contributed by atoms with van der Waals surface area (Å²) >= 11 is 0. The van der Waals surface area contributed by atoms with Crippen LogP contribution in [0.2, 0.25) is 0 Å². The van der Waals surface area contributed by atoms with Gasteiger partial charge in [-0.25, -0.2) is 5.84 Å². The summed E-state index contributed by atoms with van der Waals surface area (Å²) in [6.45, 7) is 8.55. The first-order valence-corrected chi connectivity index (χ1v) is 6.38. The number of ether oxygens (including phenoxy) is 1. The third kappa shape index (κ3) is 3.56. The van der Waals surface area contributed by atoms with Crippen LogP contribution in [-0.4, -0.2) is 35.6 Å². The highest BCUT2D eigenvalue weighted by Crippen LogP contribution is 2.22. The molecule has 6 heteroatoms. The van der Waals surface area contributed by atoms with Crippen LogP contribution in [0.25, 0.3) is 0 Å². The van der Waals surface area contributed by atoms with Crippen molar-refractivity contribution in [2.24, 2.45) is 5.84 Å². The summed E-state index contributed by atoms with van der Waals surface area (Å²) in [6, 6.07) is 1.72. The molecule has 1 aliphatic heterocycles. The van der Waals surface area contributed by atoms with Crippen molar-refractivity contribution in [3.8, 4) is 0 Å². The SMILES string of the molecule is CC1CN(Cc2cc(C(=O)NN)co2)CC(C)(C)O1. The lowest BCUT2D eigenvalue weighted by Gasteiger charge is -2.41. The Bertz CT molecular complexity index is 456. The predicted molar refractivity (Wildman–Crippen MR) is 70.3 cm³/mol. The normalized spacial score (nSPS) is 23.3. The summed E-state index contributed by atoms with van der Waals surface area (Å²) in [5.41, 5.74) is 2.36. The number of hydrogen-bond donors (Lipinski definition) is 2. The van der Waals surface area contributed by atoms with Crippen LogP contribution in [-0.2, 0) is 11.3 Å². The van der Waals surface area contributed by atoms with E-state index in [0.29, 0.717) is 12.1 Å². The Morgan fingerprint density at radius 2 is 2.37 bits per heavy atom. The molecule has 1 amide bonds. The van der Waals surface area contributed by atoms with Gasteiger partial charge >= 0.3 is 0 Å². The molecule has 2 rings (SSSR count). The highest BCUT2D eigenvalue weighted by atomic mass is 16.5. The zero-order valence-corrected chi connectivity index (χ0v) is 11.6. The number of nitrogens with two attached hydrogens (primary N) is 1. The summed E-state index contributed by atoms with van der Waals surface area (Å²) in [7, 11) is 0. The first-order chi connectivity index (χ1) is 8.89. The van der Waals surface area contributed by atoms with Crippen LogP contribution in [0.1, 0.15) is 36.9 Å². The number of rotatable bonds is 3. The highest BCUT2D eigenvalue weighted by molar-refractivity contribution is 5.93. The maximum Gasteiger partial charge on any atom is 0.268 e. The topological polar surface area (TPSA) is 80.7 Å². The predicted octanol–water partition coefficient (Wildman–Crippen LogP) is 0.882. The number of carbonyl (C=O) groups is 1. The second kappa shape index (κ2) is 5.32. The molecule has 0 aliphatic carbocycles. The fourth-order valence-corrected chi connectivity index (χ4v) is 2.59. The van der Waals surface area contributed by atoms with Crippen molar-refractivity contribution < 1.29 is 13.9 Å². The molecule has 0 saturated carbocycles. The Balaban J connectivity index is 2.01. The smallest absolute Gasteiger partial charge is 0.268 e. The second-order valence-electron chi connectivity index (χ2n) is 5.63. The molecule has 19 heavy (non-hydrogen) atoms. The van der Waals surface area contributed by atoms with E-state index in [0.717, 1.165) is 18.8 Å². The molecule has 1 saturated heterocycles. The van der Waals surface area contributed by atoms with Crippen molar-refractivity contribution in [2.45, 2.75) is 39.0 Å². The van der Waals surface area contributed by atoms with Gasteiger partial charge in [0.1, 0.15) is 12.0 Å². The largest absolute Gasteiger partial charge is 0.467 e. The Hall–Kier alpha value is -1.37. The summed E-state index contributed by atoms with van der Waals surface area (Å²) < 4.78 is 11.2. The number of hydrazine groups is 1. The number of amides is 1. The maximum atomic E-state index is 11.3. The van der Waals surface area contributed by atoms with Crippen LogP contribution in [0.15, 0.2) is 16.7 Å². The Morgan fingerprint density at radius 1 is 1.63 bits per heavy atom. The van der Waals surface area contributed by atoms with Gasteiger partial charge in [-0.1, -0.05) is 0 Å². The lowest BCUT2D eigenvalue weighted by molar-refractivity contribution is -0.131. The van der Waals surface area contributed by atoms with Crippen LogP contribution < -0.4 is 11.3 Å². The molecule has 1 fully saturated rings. The summed E-state index contributed by atoms with van der Waals surface area (Å²) in [6.07, 6.45) is 1.61. The summed E-state index contributed by atoms with van der Waals surface area (Å²) in [5, 5.41) is 0. The lowest BCUT2D eigenvalue weighted by atomic mass is 10.1. The fraction of sp³-hybridized carbons (Fsp3) is 0.615. The van der Waals surface area contributed by atoms with Crippen molar-refractivity contribution in [1.82, 2.24) is 10.3 Å². The van der Waals surface area contributed by atoms with E-state index >= 15 is 0 Å². The van der Waals surface area contributed by atoms with Crippen molar-refractivity contribution in [1.29, 1.82) is 0 Å². The van der Waals surface area contributed by atoms with Gasteiger partial charge in [-0.05, 0) is 26.8 Å². The van der Waals surface area contributed by atoms with Crippen molar-refractivity contribution >= 4 is 5.91 Å². The monoisotopic (exact) mass is 267 g/mol. The fourth-order valence-electron chi connectivity index (χ4n) is 2.59. The van der Waals surface area contributed by atoms with Gasteiger partial charge in [0.2, 0.25) is 0 Å². The van der Waals surface area contributed by atoms with Crippen LogP contribution in [0.4, 0.5) is 0 Å². The van der Waals surface area contributed by atoms with Gasteiger partial charge in [-0.15, -0.1) is 0 Å². The summed E-state index contributed by atoms with van der Waals surface area (Å²) in [4.78, 5) is 13.6. The molecule has 1 aliphatic rings. The quantitative estimate of drug-likeness (QED) is 0.483. The number of nitrogen functional groups attached to an aromatic ring is 1. The molecule has 106 valence electrons. The van der Waals surface area contributed by atoms with Gasteiger partial charge in [-0.3, -0.25) is 15.1 Å². The van der Waals surface area contributed by atoms with E-state index in [1.165, 1.54) is 6.26 Å². The molecule has 2 heterocycles. The molecule has 1 unspecified atom stereocenters. The average Bonchev–Trinajstić information content (AvgIpc) is 2.73. The van der Waals surface area contributed by atoms with Crippen LogP contribution in [0.3, 0.4) is 0 Å². The number of morpholine rings is 1. The third-order valence-electron chi connectivity index (χ3n) is 3.07. The Morgan fingerprint density at radius 3 is 3.00 bits per heavy atom. The lowest BCUT2D eigenvalue weighted by Crippen LogP contribution is -2.51. The first-order valence-electron chi connectivity index (χ1n) is 6.38. The standard InChI is InChI=1S/C13H21N3O3/c1-9-5-16(8-13(2,3)19-9)6-11-4-10(7-18-11)12(17)15-14/h4,7,9H,5-6,8,14H2,1-3H3,(H,15,17). The third-order valence-corrected chi connectivity index (χ3v) is 3.07. The van der Waals surface area contributed by atoms with Crippen LogP contribution in [0, 0.1) is 0 Å². The minimum Gasteiger partial charge on any atom is -0.467 e. The molecule has 0 spiro atoms. The minimum absolute atomic E-state index is 0.165. The van der Waals surface area contributed by atoms with E-state index in [9.17, 15) is 4.79 Å². The number of carbonyl (C=O) groups excluding carboxylic acids is 1. The highest BCUT2D eigenvalue weighted by Gasteiger charge is 2.31. The molecule has 1 atom stereocenters. The molecular weight excluding hydrogens is 246 g/mol. The van der Waals surface area contributed by atoms with Gasteiger partial charge in [0, 0.05) is 13.1 Å². The Kier molecular flexibility index (Phi) is 3.93. The van der Waals surface area contributed by atoms with E-state index in [-0.39, 0.29) is 17.6 Å². The number of nitrogens with one attached hydrogen (secondary N) is 1. The number of hydrogen-bond acceptors (Lipinski definition) is 5. The first kappa shape index (κ1) is 14.0. The molecular formula is C13H21N3O3. The van der Waals surface area contributed by atoms with Gasteiger partial charge in [-0.2, -0.15) is 0 Å². The van der Waals surface area contributed by atoms with Crippen molar-refractivity contribution in [3.05, 3.63) is 23.7 Å². The molecule has 1 aromatic heterocycles. The molecule has 3 N–H and O–H groups in total. The zero-order chi connectivity index (χ0) is 14.0. The van der Waals surface area contributed by atoms with E-state index in [1.807, 2.05) is 0 Å². The van der Waals surface area contributed by atoms with Crippen molar-refractivity contribution in [3.63, 3.8) is 0 Å². The van der Waals surface area contributed by atoms with E-state index < -0.39 is 0 Å². The molecule has 0 radical (unpaired) electrons. The zero-order valence-electron chi connectivity index (χ0n) is 11.6. The Labute approximate surface area is 112 Å². The molecule has 0 aromatic carbocycles. The van der Waals surface area contributed by atoms with E-state index in [1.54, 1.807) is 6.07 Å². The molecule has 1 aromatic rings. The average molecular weight is 267 g/mol. The van der Waals surface area contributed by atoms with Crippen LogP contribution in [0.5, 0.6) is 0 Å². The minimum atomic E-state index is -0.342. The number of nitrogens with zero attached hydrogens (tertiary/aromatic N) is 1. The van der Waals surface area contributed by atoms with Crippen molar-refractivity contribution in [2.75, 3.05) is 13.1 Å². The van der Waals surface area contributed by atoms with Gasteiger partial charge in [0.05, 0.1) is 23.8 Å².